The summed E-state index contributed by atoms with van der Waals surface area (Å²) in [5, 5.41) is 4.43. The maximum absolute atomic E-state index is 13.1. The van der Waals surface area contributed by atoms with Crippen molar-refractivity contribution in [1.82, 2.24) is 10.3 Å². The lowest BCUT2D eigenvalue weighted by Crippen LogP contribution is -2.38. The van der Waals surface area contributed by atoms with E-state index in [1.54, 1.807) is 6.07 Å². The van der Waals surface area contributed by atoms with E-state index in [-0.39, 0.29) is 11.8 Å². The zero-order chi connectivity index (χ0) is 21.3. The monoisotopic (exact) mass is 407 g/mol. The summed E-state index contributed by atoms with van der Waals surface area (Å²) in [6.07, 6.45) is 4.47. The first kappa shape index (κ1) is 20.4. The summed E-state index contributed by atoms with van der Waals surface area (Å²) in [6.45, 7) is 7.61. The fourth-order valence-corrected chi connectivity index (χ4v) is 4.35. The number of likely N-dealkylation sites (tertiary alicyclic amines) is 1. The first-order chi connectivity index (χ1) is 14.5. The van der Waals surface area contributed by atoms with E-state index < -0.39 is 0 Å². The molecule has 0 unspecified atom stereocenters. The van der Waals surface area contributed by atoms with E-state index >= 15 is 0 Å². The van der Waals surface area contributed by atoms with Crippen LogP contribution in [-0.2, 0) is 6.42 Å². The van der Waals surface area contributed by atoms with Crippen LogP contribution in [0.3, 0.4) is 0 Å². The van der Waals surface area contributed by atoms with Gasteiger partial charge in [-0.3, -0.25) is 9.59 Å². The minimum absolute atomic E-state index is 0.0305. The number of furan rings is 1. The highest BCUT2D eigenvalue weighted by atomic mass is 16.4. The highest BCUT2D eigenvalue weighted by Gasteiger charge is 2.31. The van der Waals surface area contributed by atoms with Gasteiger partial charge in [0.15, 0.2) is 5.76 Å². The molecule has 1 aromatic carbocycles. The molecule has 2 heterocycles. The summed E-state index contributed by atoms with van der Waals surface area (Å²) < 4.78 is 6.03. The predicted molar refractivity (Wildman–Crippen MR) is 116 cm³/mol. The molecule has 0 spiro atoms. The lowest BCUT2D eigenvalue weighted by Gasteiger charge is -2.29. The number of hydrazone groups is 1. The van der Waals surface area contributed by atoms with Crippen molar-refractivity contribution in [2.75, 3.05) is 13.1 Å². The summed E-state index contributed by atoms with van der Waals surface area (Å²) in [6, 6.07) is 7.44. The van der Waals surface area contributed by atoms with Gasteiger partial charge in [0, 0.05) is 36.2 Å². The normalized spacial score (nSPS) is 18.4. The summed E-state index contributed by atoms with van der Waals surface area (Å²) in [5.41, 5.74) is 6.71. The number of hydrogen-bond donors (Lipinski definition) is 1. The number of piperidine rings is 1. The van der Waals surface area contributed by atoms with Gasteiger partial charge in [-0.15, -0.1) is 0 Å². The van der Waals surface area contributed by atoms with E-state index in [1.807, 2.05) is 36.9 Å². The van der Waals surface area contributed by atoms with Gasteiger partial charge < -0.3 is 9.32 Å². The molecule has 1 N–H and O–H groups in total. The van der Waals surface area contributed by atoms with Crippen LogP contribution in [0.25, 0.3) is 0 Å². The van der Waals surface area contributed by atoms with Crippen molar-refractivity contribution in [3.05, 3.63) is 58.0 Å². The third kappa shape index (κ3) is 3.91. The average molecular weight is 408 g/mol. The Morgan fingerprint density at radius 2 is 1.87 bits per heavy atom. The second-order valence-electron chi connectivity index (χ2n) is 8.50. The molecule has 1 aliphatic heterocycles. The molecule has 30 heavy (non-hydrogen) atoms. The van der Waals surface area contributed by atoms with E-state index in [0.29, 0.717) is 17.2 Å². The van der Waals surface area contributed by atoms with Crippen LogP contribution in [0.1, 0.15) is 76.0 Å². The Hall–Kier alpha value is -2.89. The molecule has 1 fully saturated rings. The van der Waals surface area contributed by atoms with Crippen molar-refractivity contribution < 1.29 is 14.0 Å². The molecule has 0 atom stereocenters. The molecule has 1 aliphatic carbocycles. The number of aryl methyl sites for hydroxylation is 2. The molecule has 0 bridgehead atoms. The van der Waals surface area contributed by atoms with Crippen LogP contribution >= 0.6 is 0 Å². The summed E-state index contributed by atoms with van der Waals surface area (Å²) in [5.74, 6) is 1.63. The van der Waals surface area contributed by atoms with Crippen LogP contribution in [0, 0.1) is 19.8 Å². The molecule has 2 aliphatic rings. The molecule has 1 aromatic heterocycles. The van der Waals surface area contributed by atoms with Gasteiger partial charge in [-0.1, -0.05) is 25.1 Å². The Kier molecular flexibility index (Phi) is 5.75. The summed E-state index contributed by atoms with van der Waals surface area (Å²) in [4.78, 5) is 27.5. The van der Waals surface area contributed by atoms with E-state index in [1.165, 1.54) is 0 Å². The average Bonchev–Trinajstić information content (AvgIpc) is 3.09. The van der Waals surface area contributed by atoms with Gasteiger partial charge in [0.1, 0.15) is 5.76 Å². The zero-order valence-corrected chi connectivity index (χ0v) is 18.0. The molecule has 0 radical (unpaired) electrons. The smallest absolute Gasteiger partial charge is 0.289 e. The Labute approximate surface area is 177 Å². The number of carbonyl (C=O) groups excluding carboxylic acids is 2. The molecule has 6 heteroatoms. The first-order valence-electron chi connectivity index (χ1n) is 10.8. The quantitative estimate of drug-likeness (QED) is 0.774. The number of fused-ring (bicyclic) bond motifs is 1. The molecule has 1 saturated heterocycles. The van der Waals surface area contributed by atoms with Gasteiger partial charge in [-0.2, -0.15) is 5.10 Å². The topological polar surface area (TPSA) is 74.9 Å². The van der Waals surface area contributed by atoms with Gasteiger partial charge in [0.2, 0.25) is 0 Å². The number of carbonyl (C=O) groups is 2. The largest absolute Gasteiger partial charge is 0.455 e. The van der Waals surface area contributed by atoms with Crippen LogP contribution in [-0.4, -0.2) is 35.5 Å². The third-order valence-electron chi connectivity index (χ3n) is 6.27. The highest BCUT2D eigenvalue weighted by Crippen LogP contribution is 2.31. The molecule has 158 valence electrons. The first-order valence-corrected chi connectivity index (χ1v) is 10.8. The van der Waals surface area contributed by atoms with Crippen molar-refractivity contribution >= 4 is 17.5 Å². The number of benzene rings is 1. The highest BCUT2D eigenvalue weighted by molar-refractivity contribution is 6.07. The fraction of sp³-hybridized carbons (Fsp3) is 0.458. The molecular formula is C24H29N3O3. The van der Waals surface area contributed by atoms with E-state index in [0.717, 1.165) is 73.4 Å². The lowest BCUT2D eigenvalue weighted by atomic mass is 9.93. The standard InChI is InChI=1S/C24H29N3O3/c1-15-11-13-27(14-12-15)24(29)22-17(3)21-19(9-6-10-20(21)30-22)25-26-23(28)18-8-5-4-7-16(18)2/h4-5,7-8,15H,6,9-14H2,1-3H3,(H,26,28)/b25-19+. The third-order valence-corrected chi connectivity index (χ3v) is 6.27. The van der Waals surface area contributed by atoms with E-state index in [9.17, 15) is 9.59 Å². The van der Waals surface area contributed by atoms with Crippen LogP contribution in [0.4, 0.5) is 0 Å². The van der Waals surface area contributed by atoms with Crippen molar-refractivity contribution in [2.45, 2.75) is 52.9 Å². The summed E-state index contributed by atoms with van der Waals surface area (Å²) in [7, 11) is 0. The number of hydrogen-bond acceptors (Lipinski definition) is 4. The second-order valence-corrected chi connectivity index (χ2v) is 8.50. The Balaban J connectivity index is 1.57. The van der Waals surface area contributed by atoms with Crippen molar-refractivity contribution in [2.24, 2.45) is 11.0 Å². The second kappa shape index (κ2) is 8.46. The minimum atomic E-state index is -0.229. The SMILES string of the molecule is Cc1ccccc1C(=O)N/N=C1\CCCc2oc(C(=O)N3CCC(C)CC3)c(C)c21. The van der Waals surface area contributed by atoms with Crippen molar-refractivity contribution in [3.8, 4) is 0 Å². The van der Waals surface area contributed by atoms with E-state index in [4.69, 9.17) is 4.42 Å². The van der Waals surface area contributed by atoms with Crippen molar-refractivity contribution in [1.29, 1.82) is 0 Å². The maximum atomic E-state index is 13.1. The van der Waals surface area contributed by atoms with Crippen molar-refractivity contribution in [3.63, 3.8) is 0 Å². The Morgan fingerprint density at radius 3 is 2.60 bits per heavy atom. The molecule has 6 nitrogen and oxygen atoms in total. The zero-order valence-electron chi connectivity index (χ0n) is 18.0. The van der Waals surface area contributed by atoms with Gasteiger partial charge in [-0.25, -0.2) is 5.43 Å². The summed E-state index contributed by atoms with van der Waals surface area (Å²) >= 11 is 0. The molecule has 4 rings (SSSR count). The molecule has 2 aromatic rings. The van der Waals surface area contributed by atoms with Gasteiger partial charge in [0.05, 0.1) is 5.71 Å². The van der Waals surface area contributed by atoms with Crippen LogP contribution < -0.4 is 5.43 Å². The van der Waals surface area contributed by atoms with Crippen LogP contribution in [0.15, 0.2) is 33.8 Å². The molecular weight excluding hydrogens is 378 g/mol. The minimum Gasteiger partial charge on any atom is -0.455 e. The van der Waals surface area contributed by atoms with Gasteiger partial charge >= 0.3 is 0 Å². The number of amides is 2. The number of rotatable bonds is 3. The number of nitrogens with zero attached hydrogens (tertiary/aromatic N) is 2. The van der Waals surface area contributed by atoms with Crippen LogP contribution in [0.2, 0.25) is 0 Å². The predicted octanol–water partition coefficient (Wildman–Crippen LogP) is 4.24. The van der Waals surface area contributed by atoms with Gasteiger partial charge in [0.25, 0.3) is 11.8 Å². The Bertz CT molecular complexity index is 997. The fourth-order valence-electron chi connectivity index (χ4n) is 4.35. The maximum Gasteiger partial charge on any atom is 0.289 e. The number of nitrogens with one attached hydrogen (secondary N) is 1. The van der Waals surface area contributed by atoms with Gasteiger partial charge in [-0.05, 0) is 57.1 Å². The molecule has 2 amide bonds. The van der Waals surface area contributed by atoms with Crippen LogP contribution in [0.5, 0.6) is 0 Å². The Morgan fingerprint density at radius 1 is 1.13 bits per heavy atom. The lowest BCUT2D eigenvalue weighted by molar-refractivity contribution is 0.0662. The molecule has 0 saturated carbocycles. The van der Waals surface area contributed by atoms with E-state index in [2.05, 4.69) is 17.5 Å².